The predicted molar refractivity (Wildman–Crippen MR) is 60.5 cm³/mol. The molecule has 2 heterocycles. The molecule has 0 aliphatic carbocycles. The van der Waals surface area contributed by atoms with Crippen LogP contribution < -0.4 is 5.73 Å². The minimum atomic E-state index is -0.0392. The number of nitrogens with two attached hydrogens (primary N) is 1. The number of nitrogens with zero attached hydrogens (tertiary/aromatic N) is 2. The molecule has 0 aromatic heterocycles. The molecule has 4 heteroatoms. The Morgan fingerprint density at radius 3 is 2.87 bits per heavy atom. The normalized spacial score (nSPS) is 40.0. The highest BCUT2D eigenvalue weighted by molar-refractivity contribution is 5.83. The van der Waals surface area contributed by atoms with E-state index in [4.69, 9.17) is 10.5 Å². The summed E-state index contributed by atoms with van der Waals surface area (Å²) in [4.78, 5) is 0. The Hall–Kier alpha value is -0.770. The Labute approximate surface area is 91.5 Å². The highest BCUT2D eigenvalue weighted by Gasteiger charge is 2.44. The van der Waals surface area contributed by atoms with E-state index < -0.39 is 0 Å². The molecule has 0 radical (unpaired) electrons. The fourth-order valence-corrected chi connectivity index (χ4v) is 2.84. The molecule has 4 atom stereocenters. The van der Waals surface area contributed by atoms with Crippen molar-refractivity contribution in [1.29, 1.82) is 0 Å². The number of fused-ring (bicyclic) bond motifs is 1. The zero-order chi connectivity index (χ0) is 11.0. The summed E-state index contributed by atoms with van der Waals surface area (Å²) in [6.07, 6.45) is 3.65. The average Bonchev–Trinajstić information content (AvgIpc) is 2.58. The van der Waals surface area contributed by atoms with Crippen molar-refractivity contribution >= 4 is 5.90 Å². The third-order valence-corrected chi connectivity index (χ3v) is 3.80. The van der Waals surface area contributed by atoms with E-state index >= 15 is 0 Å². The zero-order valence-corrected chi connectivity index (χ0v) is 9.81. The lowest BCUT2D eigenvalue weighted by Crippen LogP contribution is -2.53. The van der Waals surface area contributed by atoms with Crippen molar-refractivity contribution in [1.82, 2.24) is 5.01 Å². The Kier molecular flexibility index (Phi) is 2.87. The monoisotopic (exact) mass is 211 g/mol. The Bertz CT molecular complexity index is 267. The number of methoxy groups -OCH3 is 1. The van der Waals surface area contributed by atoms with Crippen molar-refractivity contribution < 1.29 is 4.74 Å². The lowest BCUT2D eigenvalue weighted by Gasteiger charge is -2.41. The molecule has 86 valence electrons. The molecule has 0 aromatic rings. The zero-order valence-electron chi connectivity index (χ0n) is 9.81. The second-order valence-corrected chi connectivity index (χ2v) is 4.63. The highest BCUT2D eigenvalue weighted by Crippen LogP contribution is 2.35. The lowest BCUT2D eigenvalue weighted by molar-refractivity contribution is 0.0592. The van der Waals surface area contributed by atoms with Crippen molar-refractivity contribution in [3.8, 4) is 0 Å². The molecule has 0 amide bonds. The number of hydrazone groups is 1. The van der Waals surface area contributed by atoms with Crippen molar-refractivity contribution in [3.63, 3.8) is 0 Å². The van der Waals surface area contributed by atoms with Crippen LogP contribution in [0.4, 0.5) is 0 Å². The molecule has 1 fully saturated rings. The Morgan fingerprint density at radius 2 is 2.27 bits per heavy atom. The second kappa shape index (κ2) is 4.00. The molecular weight excluding hydrogens is 190 g/mol. The van der Waals surface area contributed by atoms with E-state index in [0.717, 1.165) is 0 Å². The van der Waals surface area contributed by atoms with Crippen molar-refractivity contribution in [2.45, 2.75) is 51.2 Å². The maximum atomic E-state index is 6.17. The van der Waals surface area contributed by atoms with Gasteiger partial charge in [-0.1, -0.05) is 13.3 Å². The Balaban J connectivity index is 2.21. The minimum Gasteiger partial charge on any atom is -0.482 e. The van der Waals surface area contributed by atoms with Crippen LogP contribution in [-0.2, 0) is 4.74 Å². The first-order chi connectivity index (χ1) is 7.19. The third kappa shape index (κ3) is 1.61. The molecule has 2 N–H and O–H groups in total. The molecular formula is C11H21N3O. The molecule has 1 saturated heterocycles. The summed E-state index contributed by atoms with van der Waals surface area (Å²) in [6.45, 7) is 4.45. The number of piperidine rings is 1. The first kappa shape index (κ1) is 10.7. The lowest BCUT2D eigenvalue weighted by atomic mass is 9.82. The molecule has 2 rings (SSSR count). The third-order valence-electron chi connectivity index (χ3n) is 3.80. The summed E-state index contributed by atoms with van der Waals surface area (Å²) in [7, 11) is 1.66. The molecule has 0 saturated carbocycles. The largest absolute Gasteiger partial charge is 0.482 e. The van der Waals surface area contributed by atoms with Crippen LogP contribution >= 0.6 is 0 Å². The molecule has 2 aliphatic heterocycles. The SMILES string of the molecule is CCC1CCC(C)N2N=C(OC)C(N)C12. The summed E-state index contributed by atoms with van der Waals surface area (Å²) in [5.74, 6) is 1.36. The van der Waals surface area contributed by atoms with Gasteiger partial charge in [0.25, 0.3) is 0 Å². The van der Waals surface area contributed by atoms with Crippen LogP contribution in [0, 0.1) is 5.92 Å². The van der Waals surface area contributed by atoms with Gasteiger partial charge in [0.2, 0.25) is 5.90 Å². The van der Waals surface area contributed by atoms with Gasteiger partial charge in [-0.15, -0.1) is 5.10 Å². The van der Waals surface area contributed by atoms with Crippen LogP contribution in [-0.4, -0.2) is 36.1 Å². The molecule has 0 aromatic carbocycles. The van der Waals surface area contributed by atoms with Gasteiger partial charge >= 0.3 is 0 Å². The van der Waals surface area contributed by atoms with Gasteiger partial charge < -0.3 is 10.5 Å². The van der Waals surface area contributed by atoms with Gasteiger partial charge in [0.15, 0.2) is 0 Å². The molecule has 0 spiro atoms. The smallest absolute Gasteiger partial charge is 0.225 e. The predicted octanol–water partition coefficient (Wildman–Crippen LogP) is 1.17. The summed E-state index contributed by atoms with van der Waals surface area (Å²) in [5.41, 5.74) is 6.17. The number of ether oxygens (including phenoxy) is 1. The second-order valence-electron chi connectivity index (χ2n) is 4.63. The van der Waals surface area contributed by atoms with Crippen LogP contribution in [0.3, 0.4) is 0 Å². The maximum absolute atomic E-state index is 6.17. The van der Waals surface area contributed by atoms with Crippen molar-refractivity contribution in [2.24, 2.45) is 16.8 Å². The topological polar surface area (TPSA) is 50.8 Å². The molecule has 2 aliphatic rings. The van der Waals surface area contributed by atoms with Gasteiger partial charge in [-0.3, -0.25) is 5.01 Å². The van der Waals surface area contributed by atoms with Gasteiger partial charge in [0, 0.05) is 6.04 Å². The molecule has 4 unspecified atom stereocenters. The fourth-order valence-electron chi connectivity index (χ4n) is 2.84. The average molecular weight is 211 g/mol. The van der Waals surface area contributed by atoms with Gasteiger partial charge in [-0.2, -0.15) is 0 Å². The summed E-state index contributed by atoms with van der Waals surface area (Å²) < 4.78 is 5.24. The molecule has 0 bridgehead atoms. The number of hydrogen-bond acceptors (Lipinski definition) is 4. The summed E-state index contributed by atoms with van der Waals surface area (Å²) >= 11 is 0. The van der Waals surface area contributed by atoms with E-state index in [1.165, 1.54) is 19.3 Å². The van der Waals surface area contributed by atoms with Crippen LogP contribution in [0.5, 0.6) is 0 Å². The summed E-state index contributed by atoms with van der Waals surface area (Å²) in [5, 5.41) is 6.66. The summed E-state index contributed by atoms with van der Waals surface area (Å²) in [6, 6.07) is 0.813. The Morgan fingerprint density at radius 1 is 1.53 bits per heavy atom. The van der Waals surface area contributed by atoms with Gasteiger partial charge in [0.05, 0.1) is 13.2 Å². The van der Waals surface area contributed by atoms with E-state index in [0.29, 0.717) is 23.9 Å². The van der Waals surface area contributed by atoms with E-state index in [1.807, 2.05) is 0 Å². The van der Waals surface area contributed by atoms with E-state index in [1.54, 1.807) is 7.11 Å². The molecule has 15 heavy (non-hydrogen) atoms. The quantitative estimate of drug-likeness (QED) is 0.708. The van der Waals surface area contributed by atoms with E-state index in [2.05, 4.69) is 24.0 Å². The standard InChI is InChI=1S/C11H21N3O/c1-4-8-6-5-7(2)14-10(8)9(12)11(13-14)15-3/h7-10H,4-6,12H2,1-3H3. The first-order valence-corrected chi connectivity index (χ1v) is 5.85. The molecule has 4 nitrogen and oxygen atoms in total. The maximum Gasteiger partial charge on any atom is 0.225 e. The van der Waals surface area contributed by atoms with Crippen molar-refractivity contribution in [2.75, 3.05) is 7.11 Å². The number of hydrogen-bond donors (Lipinski definition) is 1. The van der Waals surface area contributed by atoms with E-state index in [9.17, 15) is 0 Å². The van der Waals surface area contributed by atoms with Crippen LogP contribution in [0.1, 0.15) is 33.1 Å². The number of rotatable bonds is 1. The van der Waals surface area contributed by atoms with Crippen LogP contribution in [0.25, 0.3) is 0 Å². The highest BCUT2D eigenvalue weighted by atomic mass is 16.5. The first-order valence-electron chi connectivity index (χ1n) is 5.85. The van der Waals surface area contributed by atoms with Gasteiger partial charge in [-0.05, 0) is 25.7 Å². The van der Waals surface area contributed by atoms with Crippen LogP contribution in [0.15, 0.2) is 5.10 Å². The van der Waals surface area contributed by atoms with E-state index in [-0.39, 0.29) is 6.04 Å². The van der Waals surface area contributed by atoms with Gasteiger partial charge in [0.1, 0.15) is 6.04 Å². The minimum absolute atomic E-state index is 0.0392. The fraction of sp³-hybridized carbons (Fsp3) is 0.909. The van der Waals surface area contributed by atoms with Crippen LogP contribution in [0.2, 0.25) is 0 Å². The van der Waals surface area contributed by atoms with Crippen molar-refractivity contribution in [3.05, 3.63) is 0 Å². The van der Waals surface area contributed by atoms with Gasteiger partial charge in [-0.25, -0.2) is 0 Å².